The Morgan fingerprint density at radius 3 is 2.89 bits per heavy atom. The summed E-state index contributed by atoms with van der Waals surface area (Å²) in [7, 11) is 0. The van der Waals surface area contributed by atoms with Gasteiger partial charge in [0.25, 0.3) is 5.91 Å². The molecule has 8 nitrogen and oxygen atoms in total. The Labute approximate surface area is 157 Å². The van der Waals surface area contributed by atoms with Crippen molar-refractivity contribution in [3.8, 4) is 17.3 Å². The van der Waals surface area contributed by atoms with Gasteiger partial charge in [0, 0.05) is 30.4 Å². The maximum atomic E-state index is 13.0. The SMILES string of the molecule is CCN(CCC#N)C(=O)c1n[nH]c(-c2cc(C)c3ncnn3c2)c1C(C)C. The molecule has 0 bridgehead atoms. The summed E-state index contributed by atoms with van der Waals surface area (Å²) in [5.74, 6) is -0.0587. The van der Waals surface area contributed by atoms with Gasteiger partial charge < -0.3 is 4.90 Å². The summed E-state index contributed by atoms with van der Waals surface area (Å²) in [4.78, 5) is 18.9. The number of rotatable bonds is 6. The smallest absolute Gasteiger partial charge is 0.274 e. The van der Waals surface area contributed by atoms with Crippen LogP contribution in [0.5, 0.6) is 0 Å². The van der Waals surface area contributed by atoms with Gasteiger partial charge in [0.05, 0.1) is 18.2 Å². The highest BCUT2D eigenvalue weighted by molar-refractivity contribution is 5.95. The van der Waals surface area contributed by atoms with Crippen LogP contribution in [0, 0.1) is 18.3 Å². The molecule has 27 heavy (non-hydrogen) atoms. The van der Waals surface area contributed by atoms with Crippen molar-refractivity contribution in [1.29, 1.82) is 5.26 Å². The fourth-order valence-corrected chi connectivity index (χ4v) is 3.26. The summed E-state index contributed by atoms with van der Waals surface area (Å²) < 4.78 is 1.72. The van der Waals surface area contributed by atoms with Crippen LogP contribution in [0.15, 0.2) is 18.6 Å². The minimum absolute atomic E-state index is 0.0964. The Kier molecular flexibility index (Phi) is 5.21. The second-order valence-electron chi connectivity index (χ2n) is 6.75. The lowest BCUT2D eigenvalue weighted by atomic mass is 9.96. The maximum Gasteiger partial charge on any atom is 0.274 e. The van der Waals surface area contributed by atoms with E-state index in [-0.39, 0.29) is 11.8 Å². The lowest BCUT2D eigenvalue weighted by Gasteiger charge is -2.19. The summed E-state index contributed by atoms with van der Waals surface area (Å²) in [6.07, 6.45) is 3.71. The van der Waals surface area contributed by atoms with Crippen LogP contribution >= 0.6 is 0 Å². The number of carbonyl (C=O) groups excluding carboxylic acids is 1. The van der Waals surface area contributed by atoms with Crippen LogP contribution in [0.2, 0.25) is 0 Å². The van der Waals surface area contributed by atoms with E-state index in [1.165, 1.54) is 6.33 Å². The van der Waals surface area contributed by atoms with Gasteiger partial charge in [-0.1, -0.05) is 13.8 Å². The molecule has 1 N–H and O–H groups in total. The summed E-state index contributed by atoms with van der Waals surface area (Å²) in [5.41, 5.74) is 4.79. The van der Waals surface area contributed by atoms with E-state index in [0.29, 0.717) is 25.2 Å². The zero-order valence-electron chi connectivity index (χ0n) is 16.0. The van der Waals surface area contributed by atoms with Gasteiger partial charge in [-0.05, 0) is 31.4 Å². The second-order valence-corrected chi connectivity index (χ2v) is 6.75. The van der Waals surface area contributed by atoms with Crippen LogP contribution in [-0.4, -0.2) is 48.7 Å². The number of nitrogens with one attached hydrogen (secondary N) is 1. The first-order valence-corrected chi connectivity index (χ1v) is 9.02. The molecule has 3 aromatic rings. The van der Waals surface area contributed by atoms with Gasteiger partial charge in [-0.2, -0.15) is 15.5 Å². The zero-order valence-corrected chi connectivity index (χ0v) is 16.0. The van der Waals surface area contributed by atoms with Crippen LogP contribution in [0.3, 0.4) is 0 Å². The number of carbonyl (C=O) groups is 1. The van der Waals surface area contributed by atoms with Crippen LogP contribution in [0.25, 0.3) is 16.9 Å². The molecule has 0 radical (unpaired) electrons. The molecule has 1 amide bonds. The molecule has 8 heteroatoms. The third-order valence-electron chi connectivity index (χ3n) is 4.59. The molecule has 0 aliphatic carbocycles. The molecule has 0 aliphatic heterocycles. The molecule has 0 saturated heterocycles. The normalized spacial score (nSPS) is 11.1. The predicted molar refractivity (Wildman–Crippen MR) is 101 cm³/mol. The highest BCUT2D eigenvalue weighted by Gasteiger charge is 2.26. The number of amides is 1. The summed E-state index contributed by atoms with van der Waals surface area (Å²) in [5, 5.41) is 20.4. The Bertz CT molecular complexity index is 1010. The van der Waals surface area contributed by atoms with E-state index in [4.69, 9.17) is 5.26 Å². The number of fused-ring (bicyclic) bond motifs is 1. The fraction of sp³-hybridized carbons (Fsp3) is 0.421. The van der Waals surface area contributed by atoms with Gasteiger partial charge in [0.1, 0.15) is 6.33 Å². The second kappa shape index (κ2) is 7.58. The minimum Gasteiger partial charge on any atom is -0.336 e. The number of aromatic nitrogens is 5. The molecule has 0 fully saturated rings. The monoisotopic (exact) mass is 365 g/mol. The quantitative estimate of drug-likeness (QED) is 0.723. The highest BCUT2D eigenvalue weighted by Crippen LogP contribution is 2.31. The van der Waals surface area contributed by atoms with E-state index in [1.807, 2.05) is 40.0 Å². The molecule has 3 aromatic heterocycles. The van der Waals surface area contributed by atoms with Crippen LogP contribution in [-0.2, 0) is 0 Å². The third kappa shape index (κ3) is 3.40. The first-order valence-electron chi connectivity index (χ1n) is 9.02. The average Bonchev–Trinajstić information content (AvgIpc) is 3.29. The van der Waals surface area contributed by atoms with Gasteiger partial charge >= 0.3 is 0 Å². The van der Waals surface area contributed by atoms with Gasteiger partial charge in [-0.15, -0.1) is 0 Å². The van der Waals surface area contributed by atoms with Gasteiger partial charge in [0.15, 0.2) is 11.3 Å². The third-order valence-corrected chi connectivity index (χ3v) is 4.59. The van der Waals surface area contributed by atoms with Crippen molar-refractivity contribution in [3.05, 3.63) is 35.4 Å². The number of aromatic amines is 1. The molecule has 140 valence electrons. The molecule has 3 heterocycles. The maximum absolute atomic E-state index is 13.0. The number of nitrogens with zero attached hydrogens (tertiary/aromatic N) is 6. The van der Waals surface area contributed by atoms with Gasteiger partial charge in [-0.3, -0.25) is 9.89 Å². The van der Waals surface area contributed by atoms with Crippen molar-refractivity contribution < 1.29 is 4.79 Å². The molecule has 0 aromatic carbocycles. The van der Waals surface area contributed by atoms with Crippen molar-refractivity contribution in [1.82, 2.24) is 29.7 Å². The first kappa shape index (κ1) is 18.6. The lowest BCUT2D eigenvalue weighted by molar-refractivity contribution is 0.0760. The number of aryl methyl sites for hydroxylation is 1. The Hall–Kier alpha value is -3.21. The Morgan fingerprint density at radius 1 is 1.44 bits per heavy atom. The fourth-order valence-electron chi connectivity index (χ4n) is 3.26. The van der Waals surface area contributed by atoms with Gasteiger partial charge in [0.2, 0.25) is 0 Å². The molecule has 0 atom stereocenters. The summed E-state index contributed by atoms with van der Waals surface area (Å²) in [6, 6.07) is 4.11. The molecule has 3 rings (SSSR count). The van der Waals surface area contributed by atoms with Crippen LogP contribution in [0.1, 0.15) is 54.7 Å². The standard InChI is InChI=1S/C19H23N7O/c1-5-25(8-6-7-20)19(27)17-15(12(2)3)16(23-24-17)14-9-13(4)18-21-11-22-26(18)10-14/h9-12H,5-6,8H2,1-4H3,(H,23,24). The van der Waals surface area contributed by atoms with E-state index in [1.54, 1.807) is 9.42 Å². The highest BCUT2D eigenvalue weighted by atomic mass is 16.2. The van der Waals surface area contributed by atoms with Crippen molar-refractivity contribution >= 4 is 11.6 Å². The topological polar surface area (TPSA) is 103 Å². The number of hydrogen-bond acceptors (Lipinski definition) is 5. The number of H-pyrrole nitrogens is 1. The molecular formula is C19H23N7O. The summed E-state index contributed by atoms with van der Waals surface area (Å²) in [6.45, 7) is 8.89. The summed E-state index contributed by atoms with van der Waals surface area (Å²) >= 11 is 0. The van der Waals surface area contributed by atoms with Crippen molar-refractivity contribution in [3.63, 3.8) is 0 Å². The predicted octanol–water partition coefficient (Wildman–Crippen LogP) is 2.93. The number of nitriles is 1. The van der Waals surface area contributed by atoms with E-state index >= 15 is 0 Å². The molecule has 0 unspecified atom stereocenters. The number of hydrogen-bond donors (Lipinski definition) is 1. The van der Waals surface area contributed by atoms with E-state index in [0.717, 1.165) is 28.0 Å². The minimum atomic E-state index is -0.155. The lowest BCUT2D eigenvalue weighted by Crippen LogP contribution is -2.32. The van der Waals surface area contributed by atoms with E-state index in [2.05, 4.69) is 26.3 Å². The van der Waals surface area contributed by atoms with E-state index in [9.17, 15) is 4.79 Å². The average molecular weight is 365 g/mol. The largest absolute Gasteiger partial charge is 0.336 e. The first-order chi connectivity index (χ1) is 13.0. The Balaban J connectivity index is 2.07. The van der Waals surface area contributed by atoms with E-state index < -0.39 is 0 Å². The van der Waals surface area contributed by atoms with Crippen molar-refractivity contribution in [2.45, 2.75) is 40.0 Å². The Morgan fingerprint density at radius 2 is 2.22 bits per heavy atom. The van der Waals surface area contributed by atoms with Crippen LogP contribution in [0.4, 0.5) is 0 Å². The molecule has 0 aliphatic rings. The molecule has 0 saturated carbocycles. The van der Waals surface area contributed by atoms with Crippen LogP contribution < -0.4 is 0 Å². The van der Waals surface area contributed by atoms with Gasteiger partial charge in [-0.25, -0.2) is 9.50 Å². The molecular weight excluding hydrogens is 342 g/mol. The van der Waals surface area contributed by atoms with Crippen molar-refractivity contribution in [2.24, 2.45) is 0 Å². The van der Waals surface area contributed by atoms with Crippen molar-refractivity contribution in [2.75, 3.05) is 13.1 Å². The number of pyridine rings is 1. The molecule has 0 spiro atoms. The zero-order chi connectivity index (χ0) is 19.6.